The summed E-state index contributed by atoms with van der Waals surface area (Å²) in [7, 11) is 1.99. The van der Waals surface area contributed by atoms with E-state index in [4.69, 9.17) is 4.74 Å². The highest BCUT2D eigenvalue weighted by Crippen LogP contribution is 2.33. The molecule has 1 aliphatic rings. The van der Waals surface area contributed by atoms with Crippen molar-refractivity contribution in [1.82, 2.24) is 20.1 Å². The molecular formula is C15H22N4OS. The van der Waals surface area contributed by atoms with Crippen molar-refractivity contribution in [3.05, 3.63) is 33.0 Å². The average molecular weight is 306 g/mol. The van der Waals surface area contributed by atoms with Gasteiger partial charge in [0, 0.05) is 42.4 Å². The number of thiazole rings is 1. The third-order valence-electron chi connectivity index (χ3n) is 4.31. The van der Waals surface area contributed by atoms with Crippen molar-refractivity contribution in [2.24, 2.45) is 7.05 Å². The van der Waals surface area contributed by atoms with Crippen LogP contribution < -0.4 is 5.32 Å². The van der Waals surface area contributed by atoms with Crippen LogP contribution in [-0.4, -0.2) is 27.4 Å². The standard InChI is InChI=1S/C15H22N4OS/c1-9-13(21-8-17-9)7-16-12-5-6-20-15(12)14-10(2)18-19(4)11(14)3/h8,12,15-16H,5-7H2,1-4H3/t12-,15-/m0/s1. The highest BCUT2D eigenvalue weighted by atomic mass is 32.1. The van der Waals surface area contributed by atoms with E-state index in [0.29, 0.717) is 6.04 Å². The van der Waals surface area contributed by atoms with E-state index in [2.05, 4.69) is 36.2 Å². The Morgan fingerprint density at radius 2 is 2.19 bits per heavy atom. The van der Waals surface area contributed by atoms with Gasteiger partial charge in [0.05, 0.1) is 16.9 Å². The van der Waals surface area contributed by atoms with Gasteiger partial charge in [-0.3, -0.25) is 4.68 Å². The van der Waals surface area contributed by atoms with Crippen LogP contribution >= 0.6 is 11.3 Å². The summed E-state index contributed by atoms with van der Waals surface area (Å²) < 4.78 is 7.94. The first-order valence-corrected chi connectivity index (χ1v) is 8.20. The lowest BCUT2D eigenvalue weighted by Crippen LogP contribution is -2.31. The fraction of sp³-hybridized carbons (Fsp3) is 0.600. The average Bonchev–Trinajstić information content (AvgIpc) is 3.10. The number of nitrogens with zero attached hydrogens (tertiary/aromatic N) is 3. The maximum absolute atomic E-state index is 6.00. The van der Waals surface area contributed by atoms with Gasteiger partial charge in [-0.25, -0.2) is 4.98 Å². The fourth-order valence-corrected chi connectivity index (χ4v) is 3.73. The summed E-state index contributed by atoms with van der Waals surface area (Å²) >= 11 is 1.71. The van der Waals surface area contributed by atoms with Gasteiger partial charge in [0.2, 0.25) is 0 Å². The van der Waals surface area contributed by atoms with Crippen molar-refractivity contribution in [2.75, 3.05) is 6.61 Å². The van der Waals surface area contributed by atoms with Crippen LogP contribution in [0.15, 0.2) is 5.51 Å². The predicted molar refractivity (Wildman–Crippen MR) is 83.5 cm³/mol. The Bertz CT molecular complexity index is 634. The molecule has 2 aromatic heterocycles. The molecule has 6 heteroatoms. The Hall–Kier alpha value is -1.24. The molecule has 1 fully saturated rings. The Kier molecular flexibility index (Phi) is 4.10. The molecular weight excluding hydrogens is 284 g/mol. The lowest BCUT2D eigenvalue weighted by molar-refractivity contribution is 0.0974. The number of nitrogens with one attached hydrogen (secondary N) is 1. The summed E-state index contributed by atoms with van der Waals surface area (Å²) in [6, 6.07) is 0.341. The Labute approximate surface area is 129 Å². The van der Waals surface area contributed by atoms with Crippen molar-refractivity contribution in [1.29, 1.82) is 0 Å². The van der Waals surface area contributed by atoms with Crippen molar-refractivity contribution in [2.45, 2.75) is 45.9 Å². The molecule has 0 unspecified atom stereocenters. The number of hydrogen-bond acceptors (Lipinski definition) is 5. The molecule has 0 aromatic carbocycles. The Morgan fingerprint density at radius 1 is 1.38 bits per heavy atom. The molecule has 3 rings (SSSR count). The normalized spacial score (nSPS) is 22.1. The van der Waals surface area contributed by atoms with E-state index in [0.717, 1.165) is 31.0 Å². The van der Waals surface area contributed by atoms with Gasteiger partial charge >= 0.3 is 0 Å². The molecule has 1 N–H and O–H groups in total. The van der Waals surface area contributed by atoms with Crippen LogP contribution in [0.4, 0.5) is 0 Å². The van der Waals surface area contributed by atoms with Gasteiger partial charge in [0.25, 0.3) is 0 Å². The second-order valence-electron chi connectivity index (χ2n) is 5.64. The zero-order valence-electron chi connectivity index (χ0n) is 13.0. The third kappa shape index (κ3) is 2.75. The summed E-state index contributed by atoms with van der Waals surface area (Å²) in [5, 5.41) is 8.16. The number of rotatable bonds is 4. The van der Waals surface area contributed by atoms with Crippen LogP contribution in [0.25, 0.3) is 0 Å². The molecule has 0 saturated carbocycles. The minimum atomic E-state index is 0.104. The van der Waals surface area contributed by atoms with Crippen LogP contribution in [0.1, 0.15) is 40.0 Å². The molecule has 114 valence electrons. The summed E-state index contributed by atoms with van der Waals surface area (Å²) in [4.78, 5) is 5.61. The van der Waals surface area contributed by atoms with E-state index in [9.17, 15) is 0 Å². The number of aromatic nitrogens is 3. The molecule has 3 heterocycles. The second-order valence-corrected chi connectivity index (χ2v) is 6.58. The zero-order chi connectivity index (χ0) is 15.0. The van der Waals surface area contributed by atoms with Gasteiger partial charge in [-0.2, -0.15) is 5.10 Å². The third-order valence-corrected chi connectivity index (χ3v) is 5.25. The van der Waals surface area contributed by atoms with E-state index in [1.807, 2.05) is 17.2 Å². The van der Waals surface area contributed by atoms with Crippen LogP contribution in [0.5, 0.6) is 0 Å². The van der Waals surface area contributed by atoms with E-state index in [-0.39, 0.29) is 6.10 Å². The van der Waals surface area contributed by atoms with Gasteiger partial charge in [0.15, 0.2) is 0 Å². The number of ether oxygens (including phenoxy) is 1. The summed E-state index contributed by atoms with van der Waals surface area (Å²) in [5.74, 6) is 0. The van der Waals surface area contributed by atoms with E-state index >= 15 is 0 Å². The summed E-state index contributed by atoms with van der Waals surface area (Å²) in [6.45, 7) is 7.90. The Morgan fingerprint density at radius 3 is 2.81 bits per heavy atom. The number of hydrogen-bond donors (Lipinski definition) is 1. The van der Waals surface area contributed by atoms with Crippen LogP contribution in [0, 0.1) is 20.8 Å². The van der Waals surface area contributed by atoms with E-state index in [1.54, 1.807) is 11.3 Å². The largest absolute Gasteiger partial charge is 0.372 e. The van der Waals surface area contributed by atoms with Crippen molar-refractivity contribution < 1.29 is 4.74 Å². The zero-order valence-corrected chi connectivity index (χ0v) is 13.8. The molecule has 1 aliphatic heterocycles. The van der Waals surface area contributed by atoms with Crippen LogP contribution in [0.2, 0.25) is 0 Å². The first-order valence-electron chi connectivity index (χ1n) is 7.32. The molecule has 1 saturated heterocycles. The first kappa shape index (κ1) is 14.7. The molecule has 0 aliphatic carbocycles. The van der Waals surface area contributed by atoms with Gasteiger partial charge in [-0.15, -0.1) is 11.3 Å². The summed E-state index contributed by atoms with van der Waals surface area (Å²) in [6.07, 6.45) is 1.14. The van der Waals surface area contributed by atoms with Gasteiger partial charge in [-0.1, -0.05) is 0 Å². The maximum atomic E-state index is 6.00. The van der Waals surface area contributed by atoms with Gasteiger partial charge < -0.3 is 10.1 Å². The second kappa shape index (κ2) is 5.87. The monoisotopic (exact) mass is 306 g/mol. The molecule has 0 bridgehead atoms. The summed E-state index contributed by atoms with van der Waals surface area (Å²) in [5.41, 5.74) is 6.54. The molecule has 0 spiro atoms. The highest BCUT2D eigenvalue weighted by Gasteiger charge is 2.33. The van der Waals surface area contributed by atoms with E-state index < -0.39 is 0 Å². The molecule has 0 amide bonds. The minimum Gasteiger partial charge on any atom is -0.372 e. The predicted octanol–water partition coefficient (Wildman–Crippen LogP) is 2.42. The lowest BCUT2D eigenvalue weighted by Gasteiger charge is -2.20. The van der Waals surface area contributed by atoms with E-state index in [1.165, 1.54) is 16.1 Å². The van der Waals surface area contributed by atoms with Crippen molar-refractivity contribution in [3.8, 4) is 0 Å². The van der Waals surface area contributed by atoms with Crippen LogP contribution in [0.3, 0.4) is 0 Å². The first-order chi connectivity index (χ1) is 10.1. The molecule has 2 aromatic rings. The van der Waals surface area contributed by atoms with Crippen LogP contribution in [-0.2, 0) is 18.3 Å². The lowest BCUT2D eigenvalue weighted by atomic mass is 10.0. The minimum absolute atomic E-state index is 0.104. The molecule has 2 atom stereocenters. The highest BCUT2D eigenvalue weighted by molar-refractivity contribution is 7.09. The van der Waals surface area contributed by atoms with Crippen molar-refractivity contribution in [3.63, 3.8) is 0 Å². The topological polar surface area (TPSA) is 52.0 Å². The molecule has 21 heavy (non-hydrogen) atoms. The van der Waals surface area contributed by atoms with Gasteiger partial charge in [-0.05, 0) is 27.2 Å². The maximum Gasteiger partial charge on any atom is 0.101 e. The molecule has 5 nitrogen and oxygen atoms in total. The van der Waals surface area contributed by atoms with Crippen molar-refractivity contribution >= 4 is 11.3 Å². The fourth-order valence-electron chi connectivity index (χ4n) is 3.00. The quantitative estimate of drug-likeness (QED) is 0.942. The smallest absolute Gasteiger partial charge is 0.101 e. The Balaban J connectivity index is 1.75. The SMILES string of the molecule is Cc1ncsc1CN[C@H]1CCO[C@@H]1c1c(C)nn(C)c1C. The molecule has 0 radical (unpaired) electrons. The number of aryl methyl sites for hydroxylation is 3. The van der Waals surface area contributed by atoms with Gasteiger partial charge in [0.1, 0.15) is 6.10 Å².